The molecule has 1 rings (SSSR count). The van der Waals surface area contributed by atoms with Gasteiger partial charge in [0.15, 0.2) is 0 Å². The van der Waals surface area contributed by atoms with Gasteiger partial charge in [-0.05, 0) is 19.9 Å². The molecule has 0 unspecified atom stereocenters. The normalized spacial score (nSPS) is 12.8. The average Bonchev–Trinajstić information content (AvgIpc) is 2.71. The van der Waals surface area contributed by atoms with Crippen LogP contribution in [0.4, 0.5) is 18.0 Å². The van der Waals surface area contributed by atoms with Crippen LogP contribution in [-0.4, -0.2) is 29.9 Å². The fourth-order valence-electron chi connectivity index (χ4n) is 1.18. The molecule has 1 aromatic heterocycles. The molecule has 112 valence electrons. The number of urea groups is 1. The highest BCUT2D eigenvalue weighted by molar-refractivity contribution is 8.00. The standard InChI is InChI=1S/C11H13F3N2O3S/c1-6-8(3-4-19-6)20-7(2)9(17)16-10(18)15-5-11(12,13)14/h3-4,7H,5H2,1-2H3,(H2,15,16,17,18)/t7-/m0/s1. The highest BCUT2D eigenvalue weighted by Gasteiger charge is 2.28. The minimum atomic E-state index is -4.52. The molecule has 1 atom stereocenters. The van der Waals surface area contributed by atoms with Crippen LogP contribution >= 0.6 is 11.8 Å². The van der Waals surface area contributed by atoms with E-state index in [-0.39, 0.29) is 0 Å². The maximum absolute atomic E-state index is 11.9. The van der Waals surface area contributed by atoms with Crippen molar-refractivity contribution in [3.05, 3.63) is 18.1 Å². The van der Waals surface area contributed by atoms with Crippen molar-refractivity contribution >= 4 is 23.7 Å². The number of aryl methyl sites for hydroxylation is 1. The number of furan rings is 1. The summed E-state index contributed by atoms with van der Waals surface area (Å²) in [5, 5.41) is 2.75. The van der Waals surface area contributed by atoms with Gasteiger partial charge in [0.25, 0.3) is 0 Å². The number of amides is 3. The molecule has 9 heteroatoms. The Morgan fingerprint density at radius 3 is 2.60 bits per heavy atom. The van der Waals surface area contributed by atoms with Gasteiger partial charge in [0.1, 0.15) is 12.3 Å². The number of nitrogens with one attached hydrogen (secondary N) is 2. The Labute approximate surface area is 117 Å². The smallest absolute Gasteiger partial charge is 0.405 e. The van der Waals surface area contributed by atoms with E-state index < -0.39 is 29.9 Å². The van der Waals surface area contributed by atoms with E-state index in [2.05, 4.69) is 0 Å². The van der Waals surface area contributed by atoms with Crippen molar-refractivity contribution in [3.63, 3.8) is 0 Å². The van der Waals surface area contributed by atoms with Crippen LogP contribution in [0.25, 0.3) is 0 Å². The van der Waals surface area contributed by atoms with Gasteiger partial charge < -0.3 is 9.73 Å². The molecule has 0 saturated heterocycles. The first-order chi connectivity index (χ1) is 9.19. The highest BCUT2D eigenvalue weighted by Crippen LogP contribution is 2.27. The number of hydrogen-bond donors (Lipinski definition) is 2. The van der Waals surface area contributed by atoms with E-state index in [0.29, 0.717) is 5.76 Å². The lowest BCUT2D eigenvalue weighted by Gasteiger charge is -2.12. The number of hydrogen-bond acceptors (Lipinski definition) is 4. The van der Waals surface area contributed by atoms with Gasteiger partial charge in [-0.25, -0.2) is 4.79 Å². The van der Waals surface area contributed by atoms with E-state index in [0.717, 1.165) is 16.7 Å². The van der Waals surface area contributed by atoms with Crippen LogP contribution in [0.15, 0.2) is 21.6 Å². The SMILES string of the molecule is Cc1occc1S[C@@H](C)C(=O)NC(=O)NCC(F)(F)F. The number of carbonyl (C=O) groups excluding carboxylic acids is 2. The predicted molar refractivity (Wildman–Crippen MR) is 66.4 cm³/mol. The van der Waals surface area contributed by atoms with Gasteiger partial charge in [0, 0.05) is 4.90 Å². The van der Waals surface area contributed by atoms with Crippen molar-refractivity contribution in [2.24, 2.45) is 0 Å². The van der Waals surface area contributed by atoms with E-state index in [1.54, 1.807) is 18.3 Å². The first kappa shape index (κ1) is 16.4. The molecule has 0 aliphatic rings. The van der Waals surface area contributed by atoms with Crippen LogP contribution in [0.2, 0.25) is 0 Å². The molecule has 20 heavy (non-hydrogen) atoms. The summed E-state index contributed by atoms with van der Waals surface area (Å²) in [6.45, 7) is 1.75. The van der Waals surface area contributed by atoms with Crippen LogP contribution in [0.1, 0.15) is 12.7 Å². The number of rotatable bonds is 4. The van der Waals surface area contributed by atoms with Crippen molar-refractivity contribution in [2.75, 3.05) is 6.54 Å². The molecule has 5 nitrogen and oxygen atoms in total. The molecule has 0 radical (unpaired) electrons. The summed E-state index contributed by atoms with van der Waals surface area (Å²) >= 11 is 1.14. The monoisotopic (exact) mass is 310 g/mol. The van der Waals surface area contributed by atoms with Crippen LogP contribution < -0.4 is 10.6 Å². The second-order valence-corrected chi connectivity index (χ2v) is 5.27. The number of halogens is 3. The Morgan fingerprint density at radius 1 is 1.45 bits per heavy atom. The molecule has 0 aliphatic heterocycles. The molecule has 1 aromatic rings. The van der Waals surface area contributed by atoms with E-state index >= 15 is 0 Å². The number of imide groups is 1. The average molecular weight is 310 g/mol. The molecular formula is C11H13F3N2O3S. The van der Waals surface area contributed by atoms with Gasteiger partial charge >= 0.3 is 12.2 Å². The molecule has 0 saturated carbocycles. The third-order valence-corrected chi connectivity index (χ3v) is 3.42. The zero-order chi connectivity index (χ0) is 15.3. The maximum Gasteiger partial charge on any atom is 0.405 e. The first-order valence-electron chi connectivity index (χ1n) is 5.55. The lowest BCUT2D eigenvalue weighted by Crippen LogP contribution is -2.45. The third kappa shape index (κ3) is 5.55. The fraction of sp³-hybridized carbons (Fsp3) is 0.455. The topological polar surface area (TPSA) is 71.3 Å². The third-order valence-electron chi connectivity index (χ3n) is 2.17. The number of thioether (sulfide) groups is 1. The zero-order valence-electron chi connectivity index (χ0n) is 10.7. The summed E-state index contributed by atoms with van der Waals surface area (Å²) in [6.07, 6.45) is -3.06. The molecule has 0 bridgehead atoms. The predicted octanol–water partition coefficient (Wildman–Crippen LogP) is 2.46. The lowest BCUT2D eigenvalue weighted by molar-refractivity contribution is -0.124. The van der Waals surface area contributed by atoms with Crippen molar-refractivity contribution in [2.45, 2.75) is 30.2 Å². The van der Waals surface area contributed by atoms with Crippen LogP contribution in [0.5, 0.6) is 0 Å². The van der Waals surface area contributed by atoms with E-state index in [9.17, 15) is 22.8 Å². The highest BCUT2D eigenvalue weighted by atomic mass is 32.2. The largest absolute Gasteiger partial charge is 0.468 e. The molecule has 2 N–H and O–H groups in total. The minimum Gasteiger partial charge on any atom is -0.468 e. The van der Waals surface area contributed by atoms with E-state index in [1.807, 2.05) is 5.32 Å². The van der Waals surface area contributed by atoms with E-state index in [4.69, 9.17) is 4.42 Å². The van der Waals surface area contributed by atoms with Crippen molar-refractivity contribution < 1.29 is 27.2 Å². The maximum atomic E-state index is 11.9. The molecule has 3 amide bonds. The molecular weight excluding hydrogens is 297 g/mol. The van der Waals surface area contributed by atoms with Gasteiger partial charge in [-0.1, -0.05) is 0 Å². The Morgan fingerprint density at radius 2 is 2.10 bits per heavy atom. The van der Waals surface area contributed by atoms with Crippen LogP contribution in [0.3, 0.4) is 0 Å². The number of alkyl halides is 3. The van der Waals surface area contributed by atoms with Crippen LogP contribution in [-0.2, 0) is 4.79 Å². The molecule has 1 heterocycles. The summed E-state index contributed by atoms with van der Waals surface area (Å²) in [5.74, 6) is -0.0635. The summed E-state index contributed by atoms with van der Waals surface area (Å²) in [4.78, 5) is 23.4. The Bertz CT molecular complexity index is 488. The first-order valence-corrected chi connectivity index (χ1v) is 6.43. The summed E-state index contributed by atoms with van der Waals surface area (Å²) < 4.78 is 40.6. The Balaban J connectivity index is 2.42. The molecule has 0 aliphatic carbocycles. The second-order valence-electron chi connectivity index (χ2n) is 3.89. The van der Waals surface area contributed by atoms with Gasteiger partial charge in [-0.15, -0.1) is 11.8 Å². The van der Waals surface area contributed by atoms with Crippen molar-refractivity contribution in [3.8, 4) is 0 Å². The quantitative estimate of drug-likeness (QED) is 0.838. The summed E-state index contributed by atoms with van der Waals surface area (Å²) in [6, 6.07) is 0.483. The van der Waals surface area contributed by atoms with Gasteiger partial charge in [0.05, 0.1) is 11.5 Å². The summed E-state index contributed by atoms with van der Waals surface area (Å²) in [5.41, 5.74) is 0. The van der Waals surface area contributed by atoms with Gasteiger partial charge in [-0.2, -0.15) is 13.2 Å². The molecule has 0 spiro atoms. The fourth-order valence-corrected chi connectivity index (χ4v) is 2.07. The van der Waals surface area contributed by atoms with Gasteiger partial charge in [0.2, 0.25) is 5.91 Å². The zero-order valence-corrected chi connectivity index (χ0v) is 11.5. The Hall–Kier alpha value is -1.64. The van der Waals surface area contributed by atoms with Crippen molar-refractivity contribution in [1.29, 1.82) is 0 Å². The number of carbonyl (C=O) groups is 2. The Kier molecular flexibility index (Phi) is 5.49. The molecule has 0 aromatic carbocycles. The lowest BCUT2D eigenvalue weighted by atomic mass is 10.4. The van der Waals surface area contributed by atoms with Gasteiger partial charge in [-0.3, -0.25) is 10.1 Å². The van der Waals surface area contributed by atoms with Crippen LogP contribution in [0, 0.1) is 6.92 Å². The summed E-state index contributed by atoms with van der Waals surface area (Å²) in [7, 11) is 0. The minimum absolute atomic E-state index is 0.621. The van der Waals surface area contributed by atoms with Crippen molar-refractivity contribution in [1.82, 2.24) is 10.6 Å². The van der Waals surface area contributed by atoms with E-state index in [1.165, 1.54) is 13.2 Å². The molecule has 0 fully saturated rings. The second kappa shape index (κ2) is 6.69.